The van der Waals surface area contributed by atoms with E-state index in [0.717, 1.165) is 22.7 Å². The largest absolute Gasteiger partial charge is 0.310 e. The molecule has 0 spiro atoms. The maximum Gasteiger partial charge on any atom is 0.0547 e. The summed E-state index contributed by atoms with van der Waals surface area (Å²) >= 11 is 0. The van der Waals surface area contributed by atoms with E-state index in [0.29, 0.717) is 0 Å². The Morgan fingerprint density at radius 1 is 0.375 bits per heavy atom. The first-order valence-electron chi connectivity index (χ1n) is 16.4. The fourth-order valence-electron chi connectivity index (χ4n) is 7.20. The molecule has 1 aromatic heterocycles. The Morgan fingerprint density at radius 2 is 0.958 bits per heavy atom. The van der Waals surface area contributed by atoms with Gasteiger partial charge in [-0.05, 0) is 88.1 Å². The van der Waals surface area contributed by atoms with Crippen molar-refractivity contribution in [1.82, 2.24) is 4.57 Å². The molecule has 8 aromatic carbocycles. The average molecular weight is 613 g/mol. The molecule has 1 heterocycles. The quantitative estimate of drug-likeness (QED) is 0.181. The summed E-state index contributed by atoms with van der Waals surface area (Å²) in [5.41, 5.74) is 11.7. The molecule has 0 atom stereocenters. The summed E-state index contributed by atoms with van der Waals surface area (Å²) in [4.78, 5) is 2.38. The Morgan fingerprint density at radius 3 is 1.75 bits per heavy atom. The van der Waals surface area contributed by atoms with Crippen LogP contribution < -0.4 is 4.90 Å². The van der Waals surface area contributed by atoms with Gasteiger partial charge in [-0.3, -0.25) is 0 Å². The number of hydrogen-bond acceptors (Lipinski definition) is 1. The molecule has 0 aliphatic rings. The molecule has 0 fully saturated rings. The van der Waals surface area contributed by atoms with E-state index in [9.17, 15) is 0 Å². The van der Waals surface area contributed by atoms with Crippen molar-refractivity contribution in [2.45, 2.75) is 0 Å². The van der Waals surface area contributed by atoms with Crippen molar-refractivity contribution >= 4 is 49.6 Å². The Hall–Kier alpha value is -6.38. The van der Waals surface area contributed by atoms with Crippen molar-refractivity contribution in [3.8, 4) is 27.9 Å². The zero-order chi connectivity index (χ0) is 31.9. The van der Waals surface area contributed by atoms with Gasteiger partial charge in [-0.25, -0.2) is 0 Å². The molecule has 2 heteroatoms. The van der Waals surface area contributed by atoms with Crippen LogP contribution in [0.2, 0.25) is 0 Å². The van der Waals surface area contributed by atoms with Gasteiger partial charge in [0.05, 0.1) is 16.7 Å². The predicted molar refractivity (Wildman–Crippen MR) is 204 cm³/mol. The van der Waals surface area contributed by atoms with Gasteiger partial charge in [0.2, 0.25) is 0 Å². The molecule has 9 aromatic rings. The average Bonchev–Trinajstić information content (AvgIpc) is 3.49. The molecule has 226 valence electrons. The van der Waals surface area contributed by atoms with E-state index in [2.05, 4.69) is 204 Å². The summed E-state index contributed by atoms with van der Waals surface area (Å²) in [5.74, 6) is 0. The van der Waals surface area contributed by atoms with Gasteiger partial charge in [-0.1, -0.05) is 133 Å². The fraction of sp³-hybridized carbons (Fsp3) is 0. The van der Waals surface area contributed by atoms with E-state index < -0.39 is 0 Å². The summed E-state index contributed by atoms with van der Waals surface area (Å²) in [5, 5.41) is 5.00. The van der Waals surface area contributed by atoms with E-state index in [4.69, 9.17) is 0 Å². The summed E-state index contributed by atoms with van der Waals surface area (Å²) in [6.45, 7) is 0. The zero-order valence-corrected chi connectivity index (χ0v) is 26.4. The molecule has 0 aliphatic carbocycles. The molecular weight excluding hydrogens is 581 g/mol. The lowest BCUT2D eigenvalue weighted by molar-refractivity contribution is 1.18. The fourth-order valence-corrected chi connectivity index (χ4v) is 7.20. The Bertz CT molecular complexity index is 2550. The maximum atomic E-state index is 2.41. The van der Waals surface area contributed by atoms with Gasteiger partial charge in [0.25, 0.3) is 0 Å². The molecule has 0 bridgehead atoms. The third kappa shape index (κ3) is 4.74. The van der Waals surface area contributed by atoms with Gasteiger partial charge in [-0.2, -0.15) is 0 Å². The summed E-state index contributed by atoms with van der Waals surface area (Å²) in [7, 11) is 0. The van der Waals surface area contributed by atoms with Crippen LogP contribution in [-0.2, 0) is 0 Å². The van der Waals surface area contributed by atoms with Crippen LogP contribution in [0.25, 0.3) is 60.5 Å². The highest BCUT2D eigenvalue weighted by atomic mass is 15.1. The Kier molecular flexibility index (Phi) is 6.84. The SMILES string of the molecule is c1ccc(-c2ccccc2N(c2ccccc2)c2cccc(-c3cccc4c3c3cc5ccccc5cc3n4-c3ccccc3)c2)cc1. The van der Waals surface area contributed by atoms with Crippen LogP contribution in [-0.4, -0.2) is 4.57 Å². The molecule has 0 saturated carbocycles. The Balaban J connectivity index is 1.29. The van der Waals surface area contributed by atoms with Crippen LogP contribution in [0.4, 0.5) is 17.1 Å². The first-order chi connectivity index (χ1) is 23.8. The topological polar surface area (TPSA) is 8.17 Å². The normalized spacial score (nSPS) is 11.3. The van der Waals surface area contributed by atoms with E-state index >= 15 is 0 Å². The number of anilines is 3. The van der Waals surface area contributed by atoms with Crippen molar-refractivity contribution in [1.29, 1.82) is 0 Å². The van der Waals surface area contributed by atoms with E-state index in [1.54, 1.807) is 0 Å². The molecule has 0 aliphatic heterocycles. The maximum absolute atomic E-state index is 2.41. The molecule has 0 N–H and O–H groups in total. The first kappa shape index (κ1) is 27.9. The minimum atomic E-state index is 1.11. The number of para-hydroxylation sites is 3. The third-order valence-electron chi connectivity index (χ3n) is 9.33. The van der Waals surface area contributed by atoms with E-state index in [-0.39, 0.29) is 0 Å². The molecule has 0 amide bonds. The van der Waals surface area contributed by atoms with Gasteiger partial charge in [0.15, 0.2) is 0 Å². The van der Waals surface area contributed by atoms with Gasteiger partial charge in [0.1, 0.15) is 0 Å². The smallest absolute Gasteiger partial charge is 0.0547 e. The minimum Gasteiger partial charge on any atom is -0.310 e. The summed E-state index contributed by atoms with van der Waals surface area (Å²) < 4.78 is 2.41. The van der Waals surface area contributed by atoms with Crippen LogP contribution in [0.15, 0.2) is 194 Å². The standard InChI is InChI=1S/C46H32N2/c1-4-16-33(17-5-1)40-26-12-13-28-43(40)47(37-21-6-2-7-22-37)39-25-14-20-36(30-39)41-27-15-29-44-46(41)42-31-34-18-10-11-19-35(34)32-45(42)48(44)38-23-8-3-9-24-38/h1-32H. The lowest BCUT2D eigenvalue weighted by Crippen LogP contribution is -2.11. The third-order valence-corrected chi connectivity index (χ3v) is 9.33. The van der Waals surface area contributed by atoms with E-state index in [1.807, 2.05) is 0 Å². The Labute approximate surface area is 280 Å². The van der Waals surface area contributed by atoms with Crippen molar-refractivity contribution in [3.63, 3.8) is 0 Å². The molecule has 48 heavy (non-hydrogen) atoms. The lowest BCUT2D eigenvalue weighted by atomic mass is 9.97. The van der Waals surface area contributed by atoms with E-state index in [1.165, 1.54) is 54.8 Å². The zero-order valence-electron chi connectivity index (χ0n) is 26.4. The highest BCUT2D eigenvalue weighted by Gasteiger charge is 2.20. The van der Waals surface area contributed by atoms with Gasteiger partial charge < -0.3 is 9.47 Å². The highest BCUT2D eigenvalue weighted by molar-refractivity contribution is 6.18. The predicted octanol–water partition coefficient (Wildman–Crippen LogP) is 12.7. The minimum absolute atomic E-state index is 1.11. The second-order valence-corrected chi connectivity index (χ2v) is 12.2. The van der Waals surface area contributed by atoms with Crippen molar-refractivity contribution < 1.29 is 0 Å². The monoisotopic (exact) mass is 612 g/mol. The van der Waals surface area contributed by atoms with Crippen LogP contribution in [0.1, 0.15) is 0 Å². The number of benzene rings is 8. The summed E-state index contributed by atoms with van der Waals surface area (Å²) in [6, 6.07) is 69.8. The molecular formula is C46H32N2. The van der Waals surface area contributed by atoms with Crippen molar-refractivity contribution in [3.05, 3.63) is 194 Å². The first-order valence-corrected chi connectivity index (χ1v) is 16.4. The van der Waals surface area contributed by atoms with Crippen molar-refractivity contribution in [2.75, 3.05) is 4.90 Å². The van der Waals surface area contributed by atoms with Crippen LogP contribution in [0, 0.1) is 0 Å². The van der Waals surface area contributed by atoms with Gasteiger partial charge in [-0.15, -0.1) is 0 Å². The molecule has 0 unspecified atom stereocenters. The number of aromatic nitrogens is 1. The van der Waals surface area contributed by atoms with Crippen LogP contribution in [0.3, 0.4) is 0 Å². The molecule has 9 rings (SSSR count). The van der Waals surface area contributed by atoms with Gasteiger partial charge in [0, 0.05) is 33.4 Å². The number of nitrogens with zero attached hydrogens (tertiary/aromatic N) is 2. The van der Waals surface area contributed by atoms with Crippen LogP contribution >= 0.6 is 0 Å². The molecule has 2 nitrogen and oxygen atoms in total. The van der Waals surface area contributed by atoms with Crippen LogP contribution in [0.5, 0.6) is 0 Å². The second kappa shape index (κ2) is 11.8. The van der Waals surface area contributed by atoms with Crippen molar-refractivity contribution in [2.24, 2.45) is 0 Å². The summed E-state index contributed by atoms with van der Waals surface area (Å²) in [6.07, 6.45) is 0. The van der Waals surface area contributed by atoms with Gasteiger partial charge >= 0.3 is 0 Å². The number of rotatable bonds is 6. The molecule has 0 saturated heterocycles. The number of fused-ring (bicyclic) bond motifs is 4. The highest BCUT2D eigenvalue weighted by Crippen LogP contribution is 2.44. The lowest BCUT2D eigenvalue weighted by Gasteiger charge is -2.28. The number of hydrogen-bond donors (Lipinski definition) is 0. The molecule has 0 radical (unpaired) electrons. The second-order valence-electron chi connectivity index (χ2n) is 12.2.